The van der Waals surface area contributed by atoms with Gasteiger partial charge in [-0.3, -0.25) is 4.79 Å². The summed E-state index contributed by atoms with van der Waals surface area (Å²) in [5.74, 6) is 0.873. The molecule has 122 valence electrons. The molecule has 1 heterocycles. The molecule has 4 nitrogen and oxygen atoms in total. The van der Waals surface area contributed by atoms with Gasteiger partial charge in [-0.25, -0.2) is 0 Å². The van der Waals surface area contributed by atoms with Crippen molar-refractivity contribution in [3.63, 3.8) is 0 Å². The predicted octanol–water partition coefficient (Wildman–Crippen LogP) is 3.60. The summed E-state index contributed by atoms with van der Waals surface area (Å²) in [5.41, 5.74) is 2.27. The van der Waals surface area contributed by atoms with Crippen LogP contribution in [0.5, 0.6) is 11.5 Å². The smallest absolute Gasteiger partial charge is 0.315 e. The average Bonchev–Trinajstić information content (AvgIpc) is 2.49. The van der Waals surface area contributed by atoms with Gasteiger partial charge in [-0.05, 0) is 71.1 Å². The Balaban J connectivity index is 2.55. The summed E-state index contributed by atoms with van der Waals surface area (Å²) in [5, 5.41) is 10.2. The highest BCUT2D eigenvalue weighted by Gasteiger charge is 2.51. The van der Waals surface area contributed by atoms with Gasteiger partial charge in [-0.1, -0.05) is 0 Å². The predicted molar refractivity (Wildman–Crippen MR) is 85.5 cm³/mol. The fraction of sp³-hybridized carbons (Fsp3) is 0.611. The van der Waals surface area contributed by atoms with Crippen LogP contribution in [-0.2, 0) is 16.0 Å². The van der Waals surface area contributed by atoms with Crippen LogP contribution in [0.4, 0.5) is 0 Å². The zero-order chi connectivity index (χ0) is 16.9. The highest BCUT2D eigenvalue weighted by atomic mass is 16.5. The van der Waals surface area contributed by atoms with Gasteiger partial charge < -0.3 is 14.6 Å². The highest BCUT2D eigenvalue weighted by molar-refractivity contribution is 5.77. The van der Waals surface area contributed by atoms with E-state index < -0.39 is 11.0 Å². The first-order valence-corrected chi connectivity index (χ1v) is 7.66. The van der Waals surface area contributed by atoms with Gasteiger partial charge >= 0.3 is 5.97 Å². The number of esters is 1. The van der Waals surface area contributed by atoms with E-state index >= 15 is 0 Å². The van der Waals surface area contributed by atoms with Crippen LogP contribution in [0.25, 0.3) is 0 Å². The molecule has 0 radical (unpaired) electrons. The summed E-state index contributed by atoms with van der Waals surface area (Å²) in [4.78, 5) is 12.2. The van der Waals surface area contributed by atoms with Gasteiger partial charge in [-0.2, -0.15) is 0 Å². The molecule has 1 aliphatic heterocycles. The van der Waals surface area contributed by atoms with E-state index in [2.05, 4.69) is 0 Å². The second kappa shape index (κ2) is 5.18. The molecule has 1 aromatic carbocycles. The van der Waals surface area contributed by atoms with Crippen LogP contribution in [0.15, 0.2) is 0 Å². The van der Waals surface area contributed by atoms with E-state index in [4.69, 9.17) is 9.47 Å². The second-order valence-electron chi connectivity index (χ2n) is 6.98. The molecule has 22 heavy (non-hydrogen) atoms. The minimum atomic E-state index is -0.758. The van der Waals surface area contributed by atoms with E-state index in [0.29, 0.717) is 12.2 Å². The molecule has 0 fully saturated rings. The van der Waals surface area contributed by atoms with Crippen LogP contribution >= 0.6 is 0 Å². The van der Waals surface area contributed by atoms with Gasteiger partial charge in [0, 0.05) is 5.56 Å². The van der Waals surface area contributed by atoms with Gasteiger partial charge in [0.25, 0.3) is 0 Å². The first-order chi connectivity index (χ1) is 10.1. The van der Waals surface area contributed by atoms with Crippen LogP contribution in [0, 0.1) is 26.2 Å². The summed E-state index contributed by atoms with van der Waals surface area (Å²) >= 11 is 0. The Hall–Kier alpha value is -1.71. The first-order valence-electron chi connectivity index (χ1n) is 7.66. The van der Waals surface area contributed by atoms with Crippen LogP contribution in [0.1, 0.15) is 49.4 Å². The van der Waals surface area contributed by atoms with Gasteiger partial charge in [-0.15, -0.1) is 0 Å². The highest BCUT2D eigenvalue weighted by Crippen LogP contribution is 2.48. The van der Waals surface area contributed by atoms with Crippen molar-refractivity contribution in [1.82, 2.24) is 0 Å². The number of hydrogen-bond donors (Lipinski definition) is 1. The molecule has 4 heteroatoms. The van der Waals surface area contributed by atoms with Crippen molar-refractivity contribution in [2.24, 2.45) is 5.41 Å². The maximum Gasteiger partial charge on any atom is 0.315 e. The second-order valence-corrected chi connectivity index (χ2v) is 6.98. The maximum atomic E-state index is 12.2. The average molecular weight is 306 g/mol. The number of carbonyl (C=O) groups excluding carboxylic acids is 1. The monoisotopic (exact) mass is 306 g/mol. The molecule has 0 spiro atoms. The molecule has 0 amide bonds. The Bertz CT molecular complexity index is 631. The Morgan fingerprint density at radius 2 is 1.82 bits per heavy atom. The number of phenols is 1. The lowest BCUT2D eigenvalue weighted by Crippen LogP contribution is -2.54. The van der Waals surface area contributed by atoms with E-state index in [1.165, 1.54) is 7.11 Å². The quantitative estimate of drug-likeness (QED) is 0.848. The number of phenolic OH excluding ortho intramolecular Hbond substituents is 1. The molecule has 0 aromatic heterocycles. The van der Waals surface area contributed by atoms with Crippen molar-refractivity contribution < 1.29 is 19.4 Å². The zero-order valence-electron chi connectivity index (χ0n) is 14.6. The van der Waals surface area contributed by atoms with E-state index in [-0.39, 0.29) is 5.97 Å². The number of hydrogen-bond acceptors (Lipinski definition) is 4. The molecule has 0 saturated carbocycles. The lowest BCUT2D eigenvalue weighted by Gasteiger charge is -2.46. The number of benzene rings is 1. The Morgan fingerprint density at radius 3 is 2.36 bits per heavy atom. The molecule has 0 aliphatic carbocycles. The van der Waals surface area contributed by atoms with Crippen molar-refractivity contribution >= 4 is 5.97 Å². The molecule has 1 atom stereocenters. The largest absolute Gasteiger partial charge is 0.507 e. The Kier molecular flexibility index (Phi) is 3.92. The van der Waals surface area contributed by atoms with Crippen LogP contribution < -0.4 is 4.74 Å². The SMILES string of the molecule is COC(=O)C(C)(C)C1(C)CCc2c(C)c(O)c(C)c(C)c2O1. The van der Waals surface area contributed by atoms with Crippen molar-refractivity contribution in [1.29, 1.82) is 0 Å². The van der Waals surface area contributed by atoms with Gasteiger partial charge in [0.2, 0.25) is 0 Å². The number of methoxy groups -OCH3 is 1. The minimum Gasteiger partial charge on any atom is -0.507 e. The van der Waals surface area contributed by atoms with Gasteiger partial charge in [0.15, 0.2) is 0 Å². The van der Waals surface area contributed by atoms with E-state index in [0.717, 1.165) is 34.4 Å². The first kappa shape index (κ1) is 16.7. The zero-order valence-corrected chi connectivity index (χ0v) is 14.6. The number of ether oxygens (including phenoxy) is 2. The molecule has 0 bridgehead atoms. The lowest BCUT2D eigenvalue weighted by molar-refractivity contribution is -0.165. The van der Waals surface area contributed by atoms with Crippen LogP contribution in [-0.4, -0.2) is 23.8 Å². The summed E-state index contributed by atoms with van der Waals surface area (Å²) in [6, 6.07) is 0. The third kappa shape index (κ3) is 2.16. The Labute approximate surface area is 132 Å². The number of fused-ring (bicyclic) bond motifs is 1. The number of rotatable bonds is 2. The molecular formula is C18H26O4. The standard InChI is InChI=1S/C18H26O4/c1-10-11(2)15-13(12(3)14(10)19)8-9-18(6,22-15)17(4,5)16(20)21-7/h19H,8-9H2,1-7H3. The number of aromatic hydroxyl groups is 1. The van der Waals surface area contributed by atoms with Gasteiger partial charge in [0.1, 0.15) is 22.5 Å². The molecule has 1 unspecified atom stereocenters. The molecule has 0 saturated heterocycles. The molecular weight excluding hydrogens is 280 g/mol. The van der Waals surface area contributed by atoms with E-state index in [9.17, 15) is 9.90 Å². The molecule has 1 N–H and O–H groups in total. The summed E-state index contributed by atoms with van der Waals surface area (Å²) in [6.07, 6.45) is 1.47. The van der Waals surface area contributed by atoms with E-state index in [1.807, 2.05) is 41.5 Å². The lowest BCUT2D eigenvalue weighted by atomic mass is 9.71. The van der Waals surface area contributed by atoms with Gasteiger partial charge in [0.05, 0.1) is 7.11 Å². The minimum absolute atomic E-state index is 0.275. The van der Waals surface area contributed by atoms with Crippen molar-refractivity contribution in [3.8, 4) is 11.5 Å². The van der Waals surface area contributed by atoms with Crippen molar-refractivity contribution in [3.05, 3.63) is 22.3 Å². The summed E-state index contributed by atoms with van der Waals surface area (Å²) in [7, 11) is 1.40. The Morgan fingerprint density at radius 1 is 1.23 bits per heavy atom. The third-order valence-electron chi connectivity index (χ3n) is 5.54. The van der Waals surface area contributed by atoms with Crippen molar-refractivity contribution in [2.75, 3.05) is 7.11 Å². The number of carbonyl (C=O) groups is 1. The topological polar surface area (TPSA) is 55.8 Å². The molecule has 1 aromatic rings. The summed E-state index contributed by atoms with van der Waals surface area (Å²) < 4.78 is 11.3. The molecule has 1 aliphatic rings. The normalized spacial score (nSPS) is 21.0. The third-order valence-corrected chi connectivity index (χ3v) is 5.54. The van der Waals surface area contributed by atoms with Crippen LogP contribution in [0.3, 0.4) is 0 Å². The van der Waals surface area contributed by atoms with Crippen LogP contribution in [0.2, 0.25) is 0 Å². The fourth-order valence-electron chi connectivity index (χ4n) is 3.16. The van der Waals surface area contributed by atoms with E-state index in [1.54, 1.807) is 0 Å². The van der Waals surface area contributed by atoms with Crippen molar-refractivity contribution in [2.45, 2.75) is 60.0 Å². The summed E-state index contributed by atoms with van der Waals surface area (Å²) in [6.45, 7) is 11.4. The maximum absolute atomic E-state index is 12.2. The fourth-order valence-corrected chi connectivity index (χ4v) is 3.16. The molecule has 2 rings (SSSR count).